The molecule has 0 aromatic heterocycles. The van der Waals surface area contributed by atoms with Gasteiger partial charge in [-0.2, -0.15) is 0 Å². The van der Waals surface area contributed by atoms with Gasteiger partial charge in [0, 0.05) is 44.4 Å². The molecule has 1 aliphatic heterocycles. The number of amides is 3. The molecule has 0 radical (unpaired) electrons. The first-order valence-electron chi connectivity index (χ1n) is 13.4. The van der Waals surface area contributed by atoms with Crippen LogP contribution < -0.4 is 5.32 Å². The van der Waals surface area contributed by atoms with Crippen LogP contribution in [0.5, 0.6) is 0 Å². The van der Waals surface area contributed by atoms with E-state index in [1.165, 1.54) is 19.3 Å². The largest absolute Gasteiger partial charge is 0.344 e. The highest BCUT2D eigenvalue weighted by molar-refractivity contribution is 5.89. The molecule has 0 bridgehead atoms. The molecule has 1 aromatic rings. The van der Waals surface area contributed by atoms with Gasteiger partial charge in [-0.15, -0.1) is 0 Å². The molecule has 1 saturated heterocycles. The van der Waals surface area contributed by atoms with Gasteiger partial charge in [-0.1, -0.05) is 75.8 Å². The number of piperazine rings is 1. The lowest BCUT2D eigenvalue weighted by molar-refractivity contribution is -0.144. The summed E-state index contributed by atoms with van der Waals surface area (Å²) in [5, 5.41) is 3.09. The summed E-state index contributed by atoms with van der Waals surface area (Å²) in [4.78, 5) is 43.0. The number of hydrogen-bond acceptors (Lipinski definition) is 3. The molecule has 188 valence electrons. The van der Waals surface area contributed by atoms with Gasteiger partial charge in [-0.25, -0.2) is 0 Å². The Labute approximate surface area is 205 Å². The topological polar surface area (TPSA) is 69.7 Å². The van der Waals surface area contributed by atoms with Crippen LogP contribution in [0.3, 0.4) is 0 Å². The number of rotatable bonds is 11. The molecule has 1 aliphatic carbocycles. The van der Waals surface area contributed by atoms with E-state index in [0.717, 1.165) is 44.1 Å². The molecular formula is C28H43N3O3. The van der Waals surface area contributed by atoms with E-state index in [4.69, 9.17) is 0 Å². The second-order valence-electron chi connectivity index (χ2n) is 10.1. The molecule has 1 aromatic carbocycles. The van der Waals surface area contributed by atoms with Crippen molar-refractivity contribution in [3.8, 4) is 0 Å². The third-order valence-electron chi connectivity index (χ3n) is 7.38. The average Bonchev–Trinajstić information content (AvgIpc) is 3.39. The summed E-state index contributed by atoms with van der Waals surface area (Å²) in [6, 6.07) is 9.31. The number of unbranched alkanes of at least 4 members (excludes halogenated alkanes) is 4. The Hall–Kier alpha value is -2.37. The molecule has 1 heterocycles. The summed E-state index contributed by atoms with van der Waals surface area (Å²) in [6.45, 7) is 5.82. The summed E-state index contributed by atoms with van der Waals surface area (Å²) < 4.78 is 0. The molecule has 2 unspecified atom stereocenters. The minimum atomic E-state index is -0.566. The highest BCUT2D eigenvalue weighted by atomic mass is 16.2. The van der Waals surface area contributed by atoms with Crippen molar-refractivity contribution in [1.82, 2.24) is 15.1 Å². The molecule has 6 nitrogen and oxygen atoms in total. The Morgan fingerprint density at radius 2 is 1.71 bits per heavy atom. The van der Waals surface area contributed by atoms with Crippen molar-refractivity contribution in [2.45, 2.75) is 96.6 Å². The van der Waals surface area contributed by atoms with Gasteiger partial charge < -0.3 is 15.1 Å². The van der Waals surface area contributed by atoms with Gasteiger partial charge in [0.25, 0.3) is 0 Å². The zero-order valence-corrected chi connectivity index (χ0v) is 21.1. The van der Waals surface area contributed by atoms with Crippen LogP contribution in [0.15, 0.2) is 30.3 Å². The van der Waals surface area contributed by atoms with Gasteiger partial charge in [0.15, 0.2) is 0 Å². The summed E-state index contributed by atoms with van der Waals surface area (Å²) in [5.41, 5.74) is 1.04. The van der Waals surface area contributed by atoms with Crippen LogP contribution in [0, 0.1) is 5.92 Å². The normalized spacial score (nSPS) is 19.8. The standard InChI is InChI=1S/C28H43N3O3/c1-3-4-5-6-10-17-26(32)31-19-18-30(21-22(31)2)28(34)25(20-23-13-8-7-9-14-23)29-27(33)24-15-11-12-16-24/h7-9,13-14,22,24-25H,3-6,10-12,15-21H2,1-2H3,(H,29,33). The van der Waals surface area contributed by atoms with Crippen molar-refractivity contribution >= 4 is 17.7 Å². The molecule has 2 atom stereocenters. The van der Waals surface area contributed by atoms with Crippen molar-refractivity contribution in [2.75, 3.05) is 19.6 Å². The molecule has 3 rings (SSSR count). The zero-order valence-electron chi connectivity index (χ0n) is 21.1. The fraction of sp³-hybridized carbons (Fsp3) is 0.679. The van der Waals surface area contributed by atoms with Crippen LogP contribution in [-0.4, -0.2) is 59.2 Å². The van der Waals surface area contributed by atoms with E-state index in [1.54, 1.807) is 0 Å². The van der Waals surface area contributed by atoms with E-state index in [0.29, 0.717) is 32.5 Å². The maximum Gasteiger partial charge on any atom is 0.245 e. The second-order valence-corrected chi connectivity index (χ2v) is 10.1. The Morgan fingerprint density at radius 3 is 2.38 bits per heavy atom. The van der Waals surface area contributed by atoms with Gasteiger partial charge in [-0.3, -0.25) is 14.4 Å². The fourth-order valence-electron chi connectivity index (χ4n) is 5.30. The molecule has 2 fully saturated rings. The molecule has 1 N–H and O–H groups in total. The first-order valence-corrected chi connectivity index (χ1v) is 13.4. The van der Waals surface area contributed by atoms with E-state index in [2.05, 4.69) is 12.2 Å². The number of nitrogens with zero attached hydrogens (tertiary/aromatic N) is 2. The second kappa shape index (κ2) is 13.5. The van der Waals surface area contributed by atoms with Crippen molar-refractivity contribution in [1.29, 1.82) is 0 Å². The summed E-state index contributed by atoms with van der Waals surface area (Å²) >= 11 is 0. The monoisotopic (exact) mass is 469 g/mol. The Morgan fingerprint density at radius 1 is 1.00 bits per heavy atom. The van der Waals surface area contributed by atoms with Crippen LogP contribution in [0.25, 0.3) is 0 Å². The first-order chi connectivity index (χ1) is 16.5. The van der Waals surface area contributed by atoms with Gasteiger partial charge in [0.2, 0.25) is 17.7 Å². The van der Waals surface area contributed by atoms with Crippen molar-refractivity contribution in [3.63, 3.8) is 0 Å². The Balaban J connectivity index is 1.57. The lowest BCUT2D eigenvalue weighted by Gasteiger charge is -2.41. The maximum atomic E-state index is 13.6. The number of nitrogens with one attached hydrogen (secondary N) is 1. The highest BCUT2D eigenvalue weighted by Crippen LogP contribution is 2.25. The van der Waals surface area contributed by atoms with Crippen molar-refractivity contribution in [2.24, 2.45) is 5.92 Å². The Bertz CT molecular complexity index is 791. The third kappa shape index (κ3) is 7.57. The van der Waals surface area contributed by atoms with Gasteiger partial charge in [0.05, 0.1) is 0 Å². The van der Waals surface area contributed by atoms with Crippen LogP contribution in [-0.2, 0) is 20.8 Å². The molecule has 1 saturated carbocycles. The smallest absolute Gasteiger partial charge is 0.245 e. The van der Waals surface area contributed by atoms with Gasteiger partial charge in [0.1, 0.15) is 6.04 Å². The van der Waals surface area contributed by atoms with Crippen molar-refractivity contribution < 1.29 is 14.4 Å². The lowest BCUT2D eigenvalue weighted by atomic mass is 10.0. The maximum absolute atomic E-state index is 13.6. The molecule has 2 aliphatic rings. The third-order valence-corrected chi connectivity index (χ3v) is 7.38. The molecule has 6 heteroatoms. The van der Waals surface area contributed by atoms with Crippen LogP contribution in [0.1, 0.15) is 83.6 Å². The predicted octanol–water partition coefficient (Wildman–Crippen LogP) is 4.32. The zero-order chi connectivity index (χ0) is 24.3. The van der Waals surface area contributed by atoms with Gasteiger partial charge in [-0.05, 0) is 31.7 Å². The first kappa shape index (κ1) is 26.2. The van der Waals surface area contributed by atoms with E-state index < -0.39 is 6.04 Å². The predicted molar refractivity (Wildman–Crippen MR) is 135 cm³/mol. The SMILES string of the molecule is CCCCCCCC(=O)N1CCN(C(=O)C(Cc2ccccc2)NC(=O)C2CCCC2)CC1C. The fourth-order valence-corrected chi connectivity index (χ4v) is 5.30. The van der Waals surface area contributed by atoms with E-state index >= 15 is 0 Å². The summed E-state index contributed by atoms with van der Waals surface area (Å²) in [5.74, 6) is 0.202. The Kier molecular flexibility index (Phi) is 10.4. The van der Waals surface area contributed by atoms with E-state index in [-0.39, 0.29) is 29.7 Å². The number of carbonyl (C=O) groups excluding carboxylic acids is 3. The summed E-state index contributed by atoms with van der Waals surface area (Å²) in [6.07, 6.45) is 10.7. The van der Waals surface area contributed by atoms with Crippen molar-refractivity contribution in [3.05, 3.63) is 35.9 Å². The van der Waals surface area contributed by atoms with Crippen LogP contribution >= 0.6 is 0 Å². The summed E-state index contributed by atoms with van der Waals surface area (Å²) in [7, 11) is 0. The van der Waals surface area contributed by atoms with E-state index in [1.807, 2.05) is 47.1 Å². The minimum Gasteiger partial charge on any atom is -0.344 e. The molecule has 3 amide bonds. The lowest BCUT2D eigenvalue weighted by Crippen LogP contribution is -2.59. The van der Waals surface area contributed by atoms with Gasteiger partial charge >= 0.3 is 0 Å². The highest BCUT2D eigenvalue weighted by Gasteiger charge is 2.34. The van der Waals surface area contributed by atoms with Crippen LogP contribution in [0.4, 0.5) is 0 Å². The van der Waals surface area contributed by atoms with E-state index in [9.17, 15) is 14.4 Å². The number of carbonyl (C=O) groups is 3. The quantitative estimate of drug-likeness (QED) is 0.491. The minimum absolute atomic E-state index is 0.0104. The van der Waals surface area contributed by atoms with Crippen LogP contribution in [0.2, 0.25) is 0 Å². The average molecular weight is 470 g/mol. The molecule has 0 spiro atoms. The number of benzene rings is 1. The number of hydrogen-bond donors (Lipinski definition) is 1. The molecular weight excluding hydrogens is 426 g/mol. The molecule has 34 heavy (non-hydrogen) atoms.